The molecular weight excluding hydrogens is 228 g/mol. The number of carbonyl (C=O) groups excluding carboxylic acids is 1. The number of rotatable bonds is 4. The van der Waals surface area contributed by atoms with Gasteiger partial charge in [0, 0.05) is 19.1 Å². The Bertz CT molecular complexity index is 273. The normalized spacial score (nSPS) is 26.1. The van der Waals surface area contributed by atoms with Gasteiger partial charge >= 0.3 is 5.97 Å². The van der Waals surface area contributed by atoms with Gasteiger partial charge < -0.3 is 15.0 Å². The number of hydrogen-bond donors (Lipinski definition) is 1. The van der Waals surface area contributed by atoms with E-state index in [9.17, 15) is 4.79 Å². The van der Waals surface area contributed by atoms with Crippen LogP contribution in [0.15, 0.2) is 0 Å². The van der Waals surface area contributed by atoms with Crippen LogP contribution in [0.25, 0.3) is 0 Å². The minimum atomic E-state index is -0.377. The van der Waals surface area contributed by atoms with Gasteiger partial charge in [0.15, 0.2) is 0 Å². The Labute approximate surface area is 111 Å². The van der Waals surface area contributed by atoms with Crippen molar-refractivity contribution in [3.63, 3.8) is 0 Å². The Kier molecular flexibility index (Phi) is 5.60. The number of nitrogens with one attached hydrogen (secondary N) is 1. The van der Waals surface area contributed by atoms with E-state index in [1.54, 1.807) is 0 Å². The fourth-order valence-corrected chi connectivity index (χ4v) is 2.41. The second kappa shape index (κ2) is 6.53. The standard InChI is InChI=1S/C14H28N2O2/c1-11-10-16(5)9-7-12(11)15-8-6-13(17)18-14(2,3)4/h11-12,15H,6-10H2,1-5H3. The van der Waals surface area contributed by atoms with Crippen LogP contribution in [-0.4, -0.2) is 49.2 Å². The monoisotopic (exact) mass is 256 g/mol. The van der Waals surface area contributed by atoms with Gasteiger partial charge in [0.05, 0.1) is 6.42 Å². The lowest BCUT2D eigenvalue weighted by molar-refractivity contribution is -0.154. The molecule has 0 aliphatic carbocycles. The van der Waals surface area contributed by atoms with Crippen LogP contribution < -0.4 is 5.32 Å². The molecule has 0 spiro atoms. The highest BCUT2D eigenvalue weighted by Crippen LogP contribution is 2.15. The van der Waals surface area contributed by atoms with Crippen molar-refractivity contribution in [2.24, 2.45) is 5.92 Å². The van der Waals surface area contributed by atoms with Crippen molar-refractivity contribution >= 4 is 5.97 Å². The molecule has 1 aliphatic rings. The molecule has 1 N–H and O–H groups in total. The van der Waals surface area contributed by atoms with Crippen molar-refractivity contribution in [3.05, 3.63) is 0 Å². The first kappa shape index (κ1) is 15.4. The second-order valence-electron chi connectivity index (χ2n) is 6.43. The molecule has 106 valence electrons. The number of nitrogens with zero attached hydrogens (tertiary/aromatic N) is 1. The van der Waals surface area contributed by atoms with Crippen LogP contribution >= 0.6 is 0 Å². The Morgan fingerprint density at radius 1 is 1.44 bits per heavy atom. The van der Waals surface area contributed by atoms with Crippen LogP contribution in [-0.2, 0) is 9.53 Å². The quantitative estimate of drug-likeness (QED) is 0.777. The van der Waals surface area contributed by atoms with Crippen molar-refractivity contribution in [3.8, 4) is 0 Å². The third-order valence-electron chi connectivity index (χ3n) is 3.26. The highest BCUT2D eigenvalue weighted by Gasteiger charge is 2.24. The molecule has 4 heteroatoms. The Hall–Kier alpha value is -0.610. The van der Waals surface area contributed by atoms with Crippen LogP contribution in [0, 0.1) is 5.92 Å². The molecule has 0 aromatic heterocycles. The molecule has 4 nitrogen and oxygen atoms in total. The summed E-state index contributed by atoms with van der Waals surface area (Å²) in [4.78, 5) is 13.9. The summed E-state index contributed by atoms with van der Waals surface area (Å²) in [7, 11) is 2.16. The molecule has 1 rings (SSSR count). The topological polar surface area (TPSA) is 41.6 Å². The number of piperidine rings is 1. The maximum Gasteiger partial charge on any atom is 0.307 e. The summed E-state index contributed by atoms with van der Waals surface area (Å²) < 4.78 is 5.28. The average Bonchev–Trinajstić information content (AvgIpc) is 2.18. The predicted octanol–water partition coefficient (Wildman–Crippen LogP) is 1.65. The molecule has 1 aliphatic heterocycles. The third-order valence-corrected chi connectivity index (χ3v) is 3.26. The van der Waals surface area contributed by atoms with Crippen LogP contribution in [0.2, 0.25) is 0 Å². The van der Waals surface area contributed by atoms with E-state index in [1.807, 2.05) is 20.8 Å². The van der Waals surface area contributed by atoms with E-state index >= 15 is 0 Å². The maximum atomic E-state index is 11.6. The van der Waals surface area contributed by atoms with Crippen molar-refractivity contribution in [1.82, 2.24) is 10.2 Å². The van der Waals surface area contributed by atoms with Gasteiger partial charge in [-0.2, -0.15) is 0 Å². The highest BCUT2D eigenvalue weighted by atomic mass is 16.6. The lowest BCUT2D eigenvalue weighted by Gasteiger charge is -2.35. The first-order valence-electron chi connectivity index (χ1n) is 6.92. The number of carbonyl (C=O) groups is 1. The molecule has 0 aromatic rings. The number of hydrogen-bond acceptors (Lipinski definition) is 4. The van der Waals surface area contributed by atoms with E-state index < -0.39 is 0 Å². The lowest BCUT2D eigenvalue weighted by Crippen LogP contribution is -2.47. The van der Waals surface area contributed by atoms with Gasteiger partial charge in [-0.05, 0) is 46.7 Å². The van der Waals surface area contributed by atoms with Crippen molar-refractivity contribution in [2.45, 2.75) is 52.2 Å². The summed E-state index contributed by atoms with van der Waals surface area (Å²) >= 11 is 0. The molecule has 2 atom stereocenters. The van der Waals surface area contributed by atoms with Gasteiger partial charge in [0.2, 0.25) is 0 Å². The van der Waals surface area contributed by atoms with Crippen molar-refractivity contribution in [1.29, 1.82) is 0 Å². The van der Waals surface area contributed by atoms with Crippen LogP contribution in [0.3, 0.4) is 0 Å². The first-order valence-corrected chi connectivity index (χ1v) is 6.92. The molecule has 0 bridgehead atoms. The summed E-state index contributed by atoms with van der Waals surface area (Å²) in [5, 5.41) is 3.48. The minimum absolute atomic E-state index is 0.115. The molecule has 18 heavy (non-hydrogen) atoms. The Balaban J connectivity index is 2.19. The van der Waals surface area contributed by atoms with E-state index in [-0.39, 0.29) is 11.6 Å². The van der Waals surface area contributed by atoms with Gasteiger partial charge in [-0.15, -0.1) is 0 Å². The van der Waals surface area contributed by atoms with E-state index in [0.717, 1.165) is 19.5 Å². The Morgan fingerprint density at radius 2 is 2.11 bits per heavy atom. The molecular formula is C14H28N2O2. The summed E-state index contributed by atoms with van der Waals surface area (Å²) in [6, 6.07) is 0.531. The summed E-state index contributed by atoms with van der Waals surface area (Å²) in [6.07, 6.45) is 1.61. The summed E-state index contributed by atoms with van der Waals surface area (Å²) in [6.45, 7) is 10.9. The maximum absolute atomic E-state index is 11.6. The van der Waals surface area contributed by atoms with Crippen molar-refractivity contribution in [2.75, 3.05) is 26.7 Å². The van der Waals surface area contributed by atoms with Gasteiger partial charge in [-0.25, -0.2) is 0 Å². The van der Waals surface area contributed by atoms with E-state index in [2.05, 4.69) is 24.2 Å². The minimum Gasteiger partial charge on any atom is -0.460 e. The highest BCUT2D eigenvalue weighted by molar-refractivity contribution is 5.70. The van der Waals surface area contributed by atoms with Crippen LogP contribution in [0.4, 0.5) is 0 Å². The third kappa shape index (κ3) is 5.83. The van der Waals surface area contributed by atoms with Crippen LogP contribution in [0.1, 0.15) is 40.5 Å². The molecule has 0 radical (unpaired) electrons. The zero-order valence-electron chi connectivity index (χ0n) is 12.5. The van der Waals surface area contributed by atoms with Gasteiger partial charge in [-0.1, -0.05) is 6.92 Å². The largest absolute Gasteiger partial charge is 0.460 e. The SMILES string of the molecule is CC1CN(C)CCC1NCCC(=O)OC(C)(C)C. The lowest BCUT2D eigenvalue weighted by atomic mass is 9.94. The number of likely N-dealkylation sites (tertiary alicyclic amines) is 1. The fourth-order valence-electron chi connectivity index (χ4n) is 2.41. The van der Waals surface area contributed by atoms with E-state index in [0.29, 0.717) is 24.9 Å². The summed E-state index contributed by atoms with van der Waals surface area (Å²) in [5.41, 5.74) is -0.377. The van der Waals surface area contributed by atoms with Gasteiger partial charge in [0.25, 0.3) is 0 Å². The van der Waals surface area contributed by atoms with Gasteiger partial charge in [-0.3, -0.25) is 4.79 Å². The zero-order chi connectivity index (χ0) is 13.8. The molecule has 2 unspecified atom stereocenters. The molecule has 1 fully saturated rings. The van der Waals surface area contributed by atoms with Gasteiger partial charge in [0.1, 0.15) is 5.60 Å². The Morgan fingerprint density at radius 3 is 2.67 bits per heavy atom. The zero-order valence-corrected chi connectivity index (χ0v) is 12.5. The number of esters is 1. The first-order chi connectivity index (χ1) is 8.28. The molecule has 1 heterocycles. The fraction of sp³-hybridized carbons (Fsp3) is 0.929. The molecule has 0 saturated carbocycles. The average molecular weight is 256 g/mol. The number of ether oxygens (including phenoxy) is 1. The molecule has 0 aromatic carbocycles. The molecule has 0 amide bonds. The van der Waals surface area contributed by atoms with E-state index in [4.69, 9.17) is 4.74 Å². The van der Waals surface area contributed by atoms with E-state index in [1.165, 1.54) is 0 Å². The second-order valence-corrected chi connectivity index (χ2v) is 6.43. The summed E-state index contributed by atoms with van der Waals surface area (Å²) in [5.74, 6) is 0.526. The van der Waals surface area contributed by atoms with Crippen LogP contribution in [0.5, 0.6) is 0 Å². The van der Waals surface area contributed by atoms with Crippen molar-refractivity contribution < 1.29 is 9.53 Å². The smallest absolute Gasteiger partial charge is 0.307 e. The predicted molar refractivity (Wildman–Crippen MR) is 73.5 cm³/mol. The molecule has 1 saturated heterocycles.